The Morgan fingerprint density at radius 3 is 2.64 bits per heavy atom. The summed E-state index contributed by atoms with van der Waals surface area (Å²) in [7, 11) is 1.49. The molecule has 3 aromatic rings. The predicted octanol–water partition coefficient (Wildman–Crippen LogP) is 5.23. The predicted molar refractivity (Wildman–Crippen MR) is 90.6 cm³/mol. The summed E-state index contributed by atoms with van der Waals surface area (Å²) in [6.07, 6.45) is -4.64. The largest absolute Gasteiger partial charge is 0.494 e. The molecule has 1 aromatic heterocycles. The third kappa shape index (κ3) is 3.40. The number of hydrogen-bond donors (Lipinski definition) is 1. The number of nitrogens with one attached hydrogen (secondary N) is 1. The van der Waals surface area contributed by atoms with Crippen molar-refractivity contribution >= 4 is 44.2 Å². The Kier molecular flexibility index (Phi) is 4.57. The lowest BCUT2D eigenvalue weighted by Gasteiger charge is -2.11. The van der Waals surface area contributed by atoms with E-state index in [0.29, 0.717) is 11.3 Å². The number of anilines is 1. The highest BCUT2D eigenvalue weighted by molar-refractivity contribution is 7.22. The Morgan fingerprint density at radius 2 is 1.96 bits per heavy atom. The van der Waals surface area contributed by atoms with E-state index in [1.165, 1.54) is 24.5 Å². The maximum Gasteiger partial charge on any atom is 0.417 e. The van der Waals surface area contributed by atoms with Crippen LogP contribution in [0.4, 0.5) is 18.3 Å². The first kappa shape index (κ1) is 17.5. The molecule has 0 atom stereocenters. The molecule has 130 valence electrons. The number of fused-ring (bicyclic) bond motifs is 1. The van der Waals surface area contributed by atoms with Gasteiger partial charge in [0.05, 0.1) is 28.0 Å². The molecule has 3 rings (SSSR count). The molecule has 1 amide bonds. The molecule has 0 spiro atoms. The number of thiazole rings is 1. The topological polar surface area (TPSA) is 51.2 Å². The minimum absolute atomic E-state index is 0.234. The van der Waals surface area contributed by atoms with Crippen LogP contribution < -0.4 is 10.1 Å². The van der Waals surface area contributed by atoms with E-state index in [2.05, 4.69) is 10.3 Å². The van der Waals surface area contributed by atoms with Gasteiger partial charge < -0.3 is 4.74 Å². The zero-order valence-electron chi connectivity index (χ0n) is 12.6. The van der Waals surface area contributed by atoms with Gasteiger partial charge in [-0.15, -0.1) is 0 Å². The number of amides is 1. The number of aromatic nitrogens is 1. The fourth-order valence-corrected chi connectivity index (χ4v) is 3.43. The molecule has 0 aliphatic carbocycles. The van der Waals surface area contributed by atoms with Crippen LogP contribution in [-0.4, -0.2) is 18.0 Å². The summed E-state index contributed by atoms with van der Waals surface area (Å²) < 4.78 is 44.7. The minimum atomic E-state index is -4.64. The van der Waals surface area contributed by atoms with Gasteiger partial charge in [-0.1, -0.05) is 35.1 Å². The number of ether oxygens (including phenoxy) is 1. The van der Waals surface area contributed by atoms with E-state index in [9.17, 15) is 18.0 Å². The monoisotopic (exact) mass is 386 g/mol. The molecule has 0 fully saturated rings. The van der Waals surface area contributed by atoms with Gasteiger partial charge in [-0.05, 0) is 24.3 Å². The molecular weight excluding hydrogens is 377 g/mol. The third-order valence-electron chi connectivity index (χ3n) is 3.37. The molecule has 0 radical (unpaired) electrons. The van der Waals surface area contributed by atoms with E-state index >= 15 is 0 Å². The first-order valence-corrected chi connectivity index (χ1v) is 8.11. The molecule has 0 saturated carbocycles. The smallest absolute Gasteiger partial charge is 0.417 e. The summed E-state index contributed by atoms with van der Waals surface area (Å²) in [6, 6.07) is 8.46. The lowest BCUT2D eigenvalue weighted by molar-refractivity contribution is -0.137. The van der Waals surface area contributed by atoms with Crippen LogP contribution in [0.5, 0.6) is 5.75 Å². The Bertz CT molecular complexity index is 956. The van der Waals surface area contributed by atoms with E-state index < -0.39 is 22.7 Å². The fourth-order valence-electron chi connectivity index (χ4n) is 2.23. The van der Waals surface area contributed by atoms with Crippen molar-refractivity contribution in [2.75, 3.05) is 12.4 Å². The molecule has 9 heteroatoms. The van der Waals surface area contributed by atoms with Crippen LogP contribution in [0.3, 0.4) is 0 Å². The number of nitrogens with zero attached hydrogens (tertiary/aromatic N) is 1. The van der Waals surface area contributed by atoms with Gasteiger partial charge >= 0.3 is 6.18 Å². The molecule has 25 heavy (non-hydrogen) atoms. The Hall–Kier alpha value is -2.32. The number of halogens is 4. The molecule has 0 aliphatic rings. The van der Waals surface area contributed by atoms with Gasteiger partial charge in [0.1, 0.15) is 11.3 Å². The van der Waals surface area contributed by atoms with E-state index in [0.717, 1.165) is 16.8 Å². The van der Waals surface area contributed by atoms with Gasteiger partial charge in [0.25, 0.3) is 5.91 Å². The molecule has 0 saturated heterocycles. The van der Waals surface area contributed by atoms with E-state index in [-0.39, 0.29) is 10.7 Å². The molecule has 1 heterocycles. The van der Waals surface area contributed by atoms with Crippen molar-refractivity contribution in [2.45, 2.75) is 6.18 Å². The summed E-state index contributed by atoms with van der Waals surface area (Å²) in [4.78, 5) is 16.6. The van der Waals surface area contributed by atoms with E-state index in [1.807, 2.05) is 0 Å². The second-order valence-corrected chi connectivity index (χ2v) is 6.35. The normalized spacial score (nSPS) is 11.6. The first-order chi connectivity index (χ1) is 11.8. The molecular formula is C16H10ClF3N2O2S. The van der Waals surface area contributed by atoms with Crippen molar-refractivity contribution in [3.8, 4) is 5.75 Å². The number of methoxy groups -OCH3 is 1. The molecule has 2 aromatic carbocycles. The number of rotatable bonds is 3. The van der Waals surface area contributed by atoms with Gasteiger partial charge in [-0.3, -0.25) is 10.1 Å². The maximum atomic E-state index is 12.9. The SMILES string of the molecule is COc1cccc2sc(NC(=O)c3cccc(C(F)(F)F)c3Cl)nc12. The Labute approximate surface area is 149 Å². The van der Waals surface area contributed by atoms with Gasteiger partial charge in [-0.2, -0.15) is 13.2 Å². The first-order valence-electron chi connectivity index (χ1n) is 6.92. The number of hydrogen-bond acceptors (Lipinski definition) is 4. The molecule has 0 bridgehead atoms. The zero-order valence-corrected chi connectivity index (χ0v) is 14.2. The van der Waals surface area contributed by atoms with Crippen molar-refractivity contribution in [3.05, 3.63) is 52.5 Å². The minimum Gasteiger partial charge on any atom is -0.494 e. The van der Waals surface area contributed by atoms with Crippen LogP contribution >= 0.6 is 22.9 Å². The number of alkyl halides is 3. The summed E-state index contributed by atoms with van der Waals surface area (Å²) in [5.41, 5.74) is -0.782. The lowest BCUT2D eigenvalue weighted by Crippen LogP contribution is -2.15. The molecule has 0 aliphatic heterocycles. The van der Waals surface area contributed by atoms with Crippen LogP contribution in [0.1, 0.15) is 15.9 Å². The van der Waals surface area contributed by atoms with Gasteiger partial charge in [0.15, 0.2) is 5.13 Å². The quantitative estimate of drug-likeness (QED) is 0.670. The van der Waals surface area contributed by atoms with Gasteiger partial charge in [0.2, 0.25) is 0 Å². The fraction of sp³-hybridized carbons (Fsp3) is 0.125. The highest BCUT2D eigenvalue weighted by Gasteiger charge is 2.34. The lowest BCUT2D eigenvalue weighted by atomic mass is 10.1. The van der Waals surface area contributed by atoms with Crippen LogP contribution in [0.2, 0.25) is 5.02 Å². The summed E-state index contributed by atoms with van der Waals surface area (Å²) >= 11 is 6.94. The van der Waals surface area contributed by atoms with Gasteiger partial charge in [0, 0.05) is 0 Å². The second-order valence-electron chi connectivity index (χ2n) is 4.95. The van der Waals surface area contributed by atoms with E-state index in [1.54, 1.807) is 18.2 Å². The number of para-hydroxylation sites is 1. The van der Waals surface area contributed by atoms with Crippen molar-refractivity contribution in [1.82, 2.24) is 4.98 Å². The summed E-state index contributed by atoms with van der Waals surface area (Å²) in [6.45, 7) is 0. The third-order valence-corrected chi connectivity index (χ3v) is 4.71. The number of carbonyl (C=O) groups is 1. The van der Waals surface area contributed by atoms with Crippen LogP contribution in [0, 0.1) is 0 Å². The maximum absolute atomic E-state index is 12.9. The Morgan fingerprint density at radius 1 is 1.24 bits per heavy atom. The molecule has 4 nitrogen and oxygen atoms in total. The highest BCUT2D eigenvalue weighted by atomic mass is 35.5. The van der Waals surface area contributed by atoms with Crippen LogP contribution in [0.25, 0.3) is 10.2 Å². The Balaban J connectivity index is 1.93. The average molecular weight is 387 g/mol. The van der Waals surface area contributed by atoms with Crippen LogP contribution in [-0.2, 0) is 6.18 Å². The van der Waals surface area contributed by atoms with Crippen molar-refractivity contribution in [3.63, 3.8) is 0 Å². The van der Waals surface area contributed by atoms with Gasteiger partial charge in [-0.25, -0.2) is 4.98 Å². The van der Waals surface area contributed by atoms with Crippen molar-refractivity contribution in [1.29, 1.82) is 0 Å². The number of carbonyl (C=O) groups excluding carboxylic acids is 1. The second kappa shape index (κ2) is 6.53. The zero-order chi connectivity index (χ0) is 18.2. The molecule has 1 N–H and O–H groups in total. The van der Waals surface area contributed by atoms with Crippen molar-refractivity contribution in [2.24, 2.45) is 0 Å². The molecule has 0 unspecified atom stereocenters. The average Bonchev–Trinajstić information content (AvgIpc) is 2.95. The van der Waals surface area contributed by atoms with Crippen LogP contribution in [0.15, 0.2) is 36.4 Å². The highest BCUT2D eigenvalue weighted by Crippen LogP contribution is 2.37. The standard InChI is InChI=1S/C16H10ClF3N2O2S/c1-24-10-6-3-7-11-13(10)21-15(25-11)22-14(23)8-4-2-5-9(12(8)17)16(18,19)20/h2-7H,1H3,(H,21,22,23). The summed E-state index contributed by atoms with van der Waals surface area (Å²) in [5, 5.41) is 2.07. The number of benzene rings is 2. The summed E-state index contributed by atoms with van der Waals surface area (Å²) in [5.74, 6) is -0.236. The van der Waals surface area contributed by atoms with Crippen molar-refractivity contribution < 1.29 is 22.7 Å². The van der Waals surface area contributed by atoms with E-state index in [4.69, 9.17) is 16.3 Å².